The van der Waals surface area contributed by atoms with Gasteiger partial charge in [0.1, 0.15) is 6.10 Å². The molecule has 0 aromatic heterocycles. The lowest BCUT2D eigenvalue weighted by atomic mass is 10.0. The summed E-state index contributed by atoms with van der Waals surface area (Å²) in [6, 6.07) is 0. The summed E-state index contributed by atoms with van der Waals surface area (Å²) in [5, 5.41) is 0. The number of hydrogen-bond acceptors (Lipinski definition) is 7. The van der Waals surface area contributed by atoms with Crippen LogP contribution in [0.1, 0.15) is 233 Å². The van der Waals surface area contributed by atoms with E-state index >= 15 is 0 Å². The maximum atomic E-state index is 12.6. The Kier molecular flexibility index (Phi) is 41.4. The van der Waals surface area contributed by atoms with Gasteiger partial charge in [0.25, 0.3) is 0 Å². The van der Waals surface area contributed by atoms with Gasteiger partial charge in [-0.05, 0) is 129 Å². The molecule has 0 fully saturated rings. The van der Waals surface area contributed by atoms with Gasteiger partial charge in [-0.1, -0.05) is 142 Å². The van der Waals surface area contributed by atoms with E-state index in [-0.39, 0.29) is 24.0 Å². The smallest absolute Gasteiger partial charge is 0.306 e. The van der Waals surface area contributed by atoms with Crippen LogP contribution in [-0.4, -0.2) is 62.8 Å². The second-order valence-corrected chi connectivity index (χ2v) is 18.1. The van der Waals surface area contributed by atoms with Crippen molar-refractivity contribution in [2.45, 2.75) is 239 Å². The number of hydrogen-bond donors (Lipinski definition) is 0. The molecule has 7 heteroatoms. The standard InChI is InChI=1S/C51H95NO6/c1-46(2)44-56-49(53)40-35-31-27-23-19-15-11-7-9-13-17-21-25-29-33-38-48(58-51(55)42-37-43-52(5)6)39-34-30-26-22-18-14-10-8-12-16-20-24-28-32-36-41-50(54)57-45-47(3)4/h7-8,11-12,46-48H,9-10,13-45H2,1-6H3/b11-7-,12-8-. The molecule has 0 saturated carbocycles. The lowest BCUT2D eigenvalue weighted by molar-refractivity contribution is -0.150. The first-order chi connectivity index (χ1) is 28.1. The Morgan fingerprint density at radius 2 is 0.724 bits per heavy atom. The number of esters is 3. The van der Waals surface area contributed by atoms with E-state index in [0.29, 0.717) is 44.3 Å². The van der Waals surface area contributed by atoms with Crippen LogP contribution in [0.2, 0.25) is 0 Å². The summed E-state index contributed by atoms with van der Waals surface area (Å²) < 4.78 is 16.5. The molecule has 58 heavy (non-hydrogen) atoms. The highest BCUT2D eigenvalue weighted by molar-refractivity contribution is 5.70. The van der Waals surface area contributed by atoms with Crippen molar-refractivity contribution in [2.24, 2.45) is 11.8 Å². The predicted octanol–water partition coefficient (Wildman–Crippen LogP) is 14.5. The Hall–Kier alpha value is -2.15. The van der Waals surface area contributed by atoms with Crippen LogP contribution in [0.15, 0.2) is 24.3 Å². The molecule has 0 aliphatic carbocycles. The Bertz CT molecular complexity index is 925. The summed E-state index contributed by atoms with van der Waals surface area (Å²) in [5.41, 5.74) is 0. The van der Waals surface area contributed by atoms with Gasteiger partial charge < -0.3 is 19.1 Å². The number of nitrogens with zero attached hydrogens (tertiary/aromatic N) is 1. The number of rotatable bonds is 43. The molecule has 0 aliphatic rings. The summed E-state index contributed by atoms with van der Waals surface area (Å²) in [7, 11) is 4.10. The first-order valence-electron chi connectivity index (χ1n) is 24.6. The highest BCUT2D eigenvalue weighted by atomic mass is 16.5. The fourth-order valence-corrected chi connectivity index (χ4v) is 6.99. The topological polar surface area (TPSA) is 82.1 Å². The van der Waals surface area contributed by atoms with Gasteiger partial charge in [-0.25, -0.2) is 0 Å². The number of allylic oxidation sites excluding steroid dienone is 4. The van der Waals surface area contributed by atoms with Crippen molar-refractivity contribution in [1.82, 2.24) is 4.90 Å². The van der Waals surface area contributed by atoms with Crippen molar-refractivity contribution < 1.29 is 28.6 Å². The van der Waals surface area contributed by atoms with Gasteiger partial charge in [0.15, 0.2) is 0 Å². The monoisotopic (exact) mass is 818 g/mol. The minimum atomic E-state index is -0.0426. The quantitative estimate of drug-likeness (QED) is 0.0262. The van der Waals surface area contributed by atoms with Crippen molar-refractivity contribution in [3.05, 3.63) is 24.3 Å². The lowest BCUT2D eigenvalue weighted by Gasteiger charge is -2.18. The molecule has 340 valence electrons. The van der Waals surface area contributed by atoms with Crippen molar-refractivity contribution in [3.8, 4) is 0 Å². The SMILES string of the molecule is CC(C)COC(=O)CCCCCCC/C=C\CCCCCCCCC(CCCCCCCC/C=C\CCCCCCCC(=O)OCC(C)C)OC(=O)CCCN(C)C. The average molecular weight is 818 g/mol. The largest absolute Gasteiger partial charge is 0.465 e. The molecule has 0 bridgehead atoms. The first-order valence-corrected chi connectivity index (χ1v) is 24.6. The Morgan fingerprint density at radius 1 is 0.414 bits per heavy atom. The minimum Gasteiger partial charge on any atom is -0.465 e. The Balaban J connectivity index is 3.92. The van der Waals surface area contributed by atoms with Gasteiger partial charge in [0, 0.05) is 19.3 Å². The van der Waals surface area contributed by atoms with E-state index in [1.54, 1.807) is 0 Å². The fourth-order valence-electron chi connectivity index (χ4n) is 6.99. The fraction of sp³-hybridized carbons (Fsp3) is 0.863. The summed E-state index contributed by atoms with van der Waals surface area (Å²) in [6.07, 6.45) is 45.3. The third-order valence-corrected chi connectivity index (χ3v) is 10.6. The summed E-state index contributed by atoms with van der Waals surface area (Å²) >= 11 is 0. The van der Waals surface area contributed by atoms with Crippen LogP contribution in [-0.2, 0) is 28.6 Å². The highest BCUT2D eigenvalue weighted by Crippen LogP contribution is 2.19. The normalized spacial score (nSPS) is 12.0. The van der Waals surface area contributed by atoms with E-state index in [2.05, 4.69) is 71.0 Å². The van der Waals surface area contributed by atoms with Crippen molar-refractivity contribution in [3.63, 3.8) is 0 Å². The summed E-state index contributed by atoms with van der Waals surface area (Å²) in [5.74, 6) is 0.717. The lowest BCUT2D eigenvalue weighted by Crippen LogP contribution is -2.20. The van der Waals surface area contributed by atoms with E-state index in [1.165, 1.54) is 128 Å². The molecule has 0 radical (unpaired) electrons. The number of unbranched alkanes of at least 4 members (excludes halogenated alkanes) is 22. The van der Waals surface area contributed by atoms with Gasteiger partial charge in [0.05, 0.1) is 13.2 Å². The maximum Gasteiger partial charge on any atom is 0.306 e. The molecule has 0 aromatic rings. The number of carbonyl (C=O) groups excluding carboxylic acids is 3. The van der Waals surface area contributed by atoms with Crippen LogP contribution in [0.5, 0.6) is 0 Å². The second-order valence-electron chi connectivity index (χ2n) is 18.1. The summed E-state index contributed by atoms with van der Waals surface area (Å²) in [6.45, 7) is 10.3. The van der Waals surface area contributed by atoms with Gasteiger partial charge in [-0.2, -0.15) is 0 Å². The third kappa shape index (κ3) is 44.9. The number of carbonyl (C=O) groups is 3. The molecule has 0 rings (SSSR count). The van der Waals surface area contributed by atoms with E-state index in [0.717, 1.165) is 64.3 Å². The van der Waals surface area contributed by atoms with Crippen molar-refractivity contribution >= 4 is 17.9 Å². The molecule has 0 amide bonds. The first kappa shape index (κ1) is 55.9. The molecule has 0 aromatic carbocycles. The van der Waals surface area contributed by atoms with Crippen molar-refractivity contribution in [1.29, 1.82) is 0 Å². The molecule has 0 spiro atoms. The van der Waals surface area contributed by atoms with E-state index in [1.807, 2.05) is 0 Å². The average Bonchev–Trinajstić information content (AvgIpc) is 3.18. The maximum absolute atomic E-state index is 12.6. The van der Waals surface area contributed by atoms with Crippen LogP contribution < -0.4 is 0 Å². The van der Waals surface area contributed by atoms with Crippen LogP contribution in [0.3, 0.4) is 0 Å². The molecule has 0 N–H and O–H groups in total. The van der Waals surface area contributed by atoms with E-state index in [4.69, 9.17) is 14.2 Å². The zero-order valence-corrected chi connectivity index (χ0v) is 39.2. The van der Waals surface area contributed by atoms with Gasteiger partial charge in [0.2, 0.25) is 0 Å². The van der Waals surface area contributed by atoms with Gasteiger partial charge in [-0.3, -0.25) is 14.4 Å². The molecule has 7 nitrogen and oxygen atoms in total. The van der Waals surface area contributed by atoms with Crippen LogP contribution in [0, 0.1) is 11.8 Å². The molecule has 0 aliphatic heterocycles. The third-order valence-electron chi connectivity index (χ3n) is 10.6. The predicted molar refractivity (Wildman–Crippen MR) is 246 cm³/mol. The molecule has 0 atom stereocenters. The van der Waals surface area contributed by atoms with Crippen LogP contribution in [0.25, 0.3) is 0 Å². The van der Waals surface area contributed by atoms with Gasteiger partial charge >= 0.3 is 17.9 Å². The molecule has 0 heterocycles. The Morgan fingerprint density at radius 3 is 1.07 bits per heavy atom. The van der Waals surface area contributed by atoms with Crippen LogP contribution >= 0.6 is 0 Å². The van der Waals surface area contributed by atoms with Gasteiger partial charge in [-0.15, -0.1) is 0 Å². The van der Waals surface area contributed by atoms with Crippen LogP contribution in [0.4, 0.5) is 0 Å². The zero-order chi connectivity index (χ0) is 42.7. The molecule has 0 unspecified atom stereocenters. The molecular weight excluding hydrogens is 723 g/mol. The van der Waals surface area contributed by atoms with Crippen molar-refractivity contribution in [2.75, 3.05) is 33.9 Å². The zero-order valence-electron chi connectivity index (χ0n) is 39.2. The highest BCUT2D eigenvalue weighted by Gasteiger charge is 2.14. The Labute approximate surface area is 359 Å². The van der Waals surface area contributed by atoms with E-state index < -0.39 is 0 Å². The van der Waals surface area contributed by atoms with E-state index in [9.17, 15) is 14.4 Å². The minimum absolute atomic E-state index is 0.0137. The molecule has 0 saturated heterocycles. The number of ether oxygens (including phenoxy) is 3. The summed E-state index contributed by atoms with van der Waals surface area (Å²) in [4.78, 5) is 38.1. The second kappa shape index (κ2) is 43.0. The molecular formula is C51H95NO6.